The number of esters is 1. The lowest BCUT2D eigenvalue weighted by atomic mass is 10.0. The molecule has 0 amide bonds. The van der Waals surface area contributed by atoms with E-state index in [9.17, 15) is 4.79 Å². The first-order chi connectivity index (χ1) is 14.3. The molecule has 170 valence electrons. The molecule has 0 N–H and O–H groups in total. The van der Waals surface area contributed by atoms with Crippen LogP contribution >= 0.6 is 0 Å². The van der Waals surface area contributed by atoms with Gasteiger partial charge in [0.2, 0.25) is 0 Å². The lowest BCUT2D eigenvalue weighted by molar-refractivity contribution is -0.150. The van der Waals surface area contributed by atoms with Gasteiger partial charge in [-0.15, -0.1) is 0 Å². The minimum atomic E-state index is -0.00220. The van der Waals surface area contributed by atoms with Gasteiger partial charge in [0.1, 0.15) is 6.10 Å². The van der Waals surface area contributed by atoms with Crippen LogP contribution < -0.4 is 0 Å². The minimum absolute atomic E-state index is 0.00220. The Hall–Kier alpha value is -0.610. The Labute approximate surface area is 179 Å². The molecule has 2 heterocycles. The van der Waals surface area contributed by atoms with Gasteiger partial charge in [0, 0.05) is 19.6 Å². The molecule has 4 nitrogen and oxygen atoms in total. The van der Waals surface area contributed by atoms with Crippen molar-refractivity contribution in [2.45, 2.75) is 141 Å². The van der Waals surface area contributed by atoms with Gasteiger partial charge in [-0.2, -0.15) is 0 Å². The molecule has 0 saturated carbocycles. The molecule has 0 aromatic heterocycles. The molecule has 2 atom stereocenters. The first-order valence-corrected chi connectivity index (χ1v) is 12.7. The van der Waals surface area contributed by atoms with Crippen molar-refractivity contribution in [2.24, 2.45) is 0 Å². The van der Waals surface area contributed by atoms with Crippen molar-refractivity contribution in [3.05, 3.63) is 0 Å². The van der Waals surface area contributed by atoms with Crippen LogP contribution in [0, 0.1) is 0 Å². The Morgan fingerprint density at radius 1 is 0.828 bits per heavy atom. The van der Waals surface area contributed by atoms with E-state index >= 15 is 0 Å². The molecule has 0 radical (unpaired) electrons. The lowest BCUT2D eigenvalue weighted by Gasteiger charge is -2.21. The summed E-state index contributed by atoms with van der Waals surface area (Å²) < 4.78 is 17.4. The van der Waals surface area contributed by atoms with Gasteiger partial charge < -0.3 is 14.2 Å². The summed E-state index contributed by atoms with van der Waals surface area (Å²) in [5, 5.41) is 0. The first-order valence-electron chi connectivity index (χ1n) is 12.7. The van der Waals surface area contributed by atoms with Crippen LogP contribution in [0.15, 0.2) is 0 Å². The van der Waals surface area contributed by atoms with Crippen molar-refractivity contribution in [3.8, 4) is 0 Å². The molecule has 2 aliphatic rings. The Kier molecular flexibility index (Phi) is 13.7. The topological polar surface area (TPSA) is 44.8 Å². The highest BCUT2D eigenvalue weighted by Crippen LogP contribution is 2.24. The number of unbranched alkanes of at least 4 members (excludes halogenated alkanes) is 8. The lowest BCUT2D eigenvalue weighted by Crippen LogP contribution is -2.22. The summed E-state index contributed by atoms with van der Waals surface area (Å²) >= 11 is 0. The summed E-state index contributed by atoms with van der Waals surface area (Å²) in [6, 6.07) is 0. The zero-order valence-electron chi connectivity index (χ0n) is 19.0. The molecule has 0 aromatic carbocycles. The fraction of sp³-hybridized carbons (Fsp3) is 0.960. The van der Waals surface area contributed by atoms with Crippen molar-refractivity contribution >= 4 is 5.97 Å². The van der Waals surface area contributed by atoms with Gasteiger partial charge in [0.05, 0.1) is 12.2 Å². The third-order valence-corrected chi connectivity index (χ3v) is 6.45. The summed E-state index contributed by atoms with van der Waals surface area (Å²) in [5.41, 5.74) is 0. The van der Waals surface area contributed by atoms with E-state index in [1.165, 1.54) is 57.8 Å². The molecule has 2 aliphatic heterocycles. The Morgan fingerprint density at radius 3 is 1.83 bits per heavy atom. The number of carbonyl (C=O) groups is 1. The van der Waals surface area contributed by atoms with E-state index < -0.39 is 0 Å². The highest BCUT2D eigenvalue weighted by atomic mass is 16.5. The van der Waals surface area contributed by atoms with Gasteiger partial charge in [-0.3, -0.25) is 4.79 Å². The van der Waals surface area contributed by atoms with Crippen LogP contribution in [0.25, 0.3) is 0 Å². The highest BCUT2D eigenvalue weighted by Gasteiger charge is 2.23. The third-order valence-electron chi connectivity index (χ3n) is 6.45. The third kappa shape index (κ3) is 12.0. The second-order valence-electron chi connectivity index (χ2n) is 9.12. The molecule has 0 aromatic rings. The maximum atomic E-state index is 12.4. The van der Waals surface area contributed by atoms with Gasteiger partial charge in [-0.1, -0.05) is 58.3 Å². The predicted molar refractivity (Wildman–Crippen MR) is 118 cm³/mol. The van der Waals surface area contributed by atoms with E-state index in [0.29, 0.717) is 18.6 Å². The zero-order chi connectivity index (χ0) is 20.6. The molecule has 0 spiro atoms. The van der Waals surface area contributed by atoms with E-state index in [1.807, 2.05) is 0 Å². The van der Waals surface area contributed by atoms with Crippen LogP contribution in [-0.2, 0) is 19.0 Å². The van der Waals surface area contributed by atoms with Crippen molar-refractivity contribution in [2.75, 3.05) is 13.2 Å². The monoisotopic (exact) mass is 410 g/mol. The number of rotatable bonds is 17. The average Bonchev–Trinajstić information content (AvgIpc) is 3.43. The highest BCUT2D eigenvalue weighted by molar-refractivity contribution is 5.69. The maximum Gasteiger partial charge on any atom is 0.306 e. The number of hydrogen-bond donors (Lipinski definition) is 0. The number of ether oxygens (including phenoxy) is 3. The largest absolute Gasteiger partial charge is 0.462 e. The van der Waals surface area contributed by atoms with E-state index in [0.717, 1.165) is 64.6 Å². The standard InChI is InChI=1S/C25H46O4/c1-2-3-4-5-6-7-8-9-10-15-25(26)29-24(18-16-22-13-11-20-27-22)19-17-23-14-12-21-28-23/h22-24H,2-21H2,1H3/t22-,23-/m0/s1. The fourth-order valence-electron chi connectivity index (χ4n) is 4.57. The van der Waals surface area contributed by atoms with Crippen molar-refractivity contribution < 1.29 is 19.0 Å². The molecular formula is C25H46O4. The molecule has 4 heteroatoms. The van der Waals surface area contributed by atoms with E-state index in [1.54, 1.807) is 0 Å². The second-order valence-corrected chi connectivity index (χ2v) is 9.12. The van der Waals surface area contributed by atoms with E-state index in [-0.39, 0.29) is 12.1 Å². The van der Waals surface area contributed by atoms with Crippen molar-refractivity contribution in [3.63, 3.8) is 0 Å². The molecule has 2 saturated heterocycles. The van der Waals surface area contributed by atoms with Gasteiger partial charge in [-0.05, 0) is 57.8 Å². The molecule has 0 aliphatic carbocycles. The average molecular weight is 411 g/mol. The van der Waals surface area contributed by atoms with Crippen LogP contribution in [0.1, 0.15) is 122 Å². The van der Waals surface area contributed by atoms with Crippen LogP contribution in [0.2, 0.25) is 0 Å². The first kappa shape index (κ1) is 24.7. The van der Waals surface area contributed by atoms with Gasteiger partial charge in [0.25, 0.3) is 0 Å². The molecule has 2 rings (SSSR count). The Morgan fingerprint density at radius 2 is 1.34 bits per heavy atom. The fourth-order valence-corrected chi connectivity index (χ4v) is 4.57. The molecule has 29 heavy (non-hydrogen) atoms. The maximum absolute atomic E-state index is 12.4. The summed E-state index contributed by atoms with van der Waals surface area (Å²) in [6.07, 6.45) is 21.4. The second kappa shape index (κ2) is 16.1. The van der Waals surface area contributed by atoms with Crippen LogP contribution in [-0.4, -0.2) is 37.5 Å². The van der Waals surface area contributed by atoms with Crippen LogP contribution in [0.4, 0.5) is 0 Å². The van der Waals surface area contributed by atoms with Gasteiger partial charge in [-0.25, -0.2) is 0 Å². The SMILES string of the molecule is CCCCCCCCCCCC(=O)OC(CC[C@@H]1CCCO1)CC[C@@H]1CCCO1. The zero-order valence-corrected chi connectivity index (χ0v) is 19.0. The smallest absolute Gasteiger partial charge is 0.306 e. The van der Waals surface area contributed by atoms with Crippen molar-refractivity contribution in [1.82, 2.24) is 0 Å². The minimum Gasteiger partial charge on any atom is -0.462 e. The summed E-state index contributed by atoms with van der Waals surface area (Å²) in [6.45, 7) is 4.04. The normalized spacial score (nSPS) is 21.9. The predicted octanol–water partition coefficient (Wildman–Crippen LogP) is 6.74. The molecular weight excluding hydrogens is 364 g/mol. The Balaban J connectivity index is 1.56. The van der Waals surface area contributed by atoms with Gasteiger partial charge >= 0.3 is 5.97 Å². The molecule has 0 unspecified atom stereocenters. The van der Waals surface area contributed by atoms with Crippen LogP contribution in [0.3, 0.4) is 0 Å². The van der Waals surface area contributed by atoms with Gasteiger partial charge in [0.15, 0.2) is 0 Å². The quantitative estimate of drug-likeness (QED) is 0.197. The number of carbonyl (C=O) groups excluding carboxylic acids is 1. The molecule has 0 bridgehead atoms. The summed E-state index contributed by atoms with van der Waals surface area (Å²) in [5.74, 6) is -0.00220. The summed E-state index contributed by atoms with van der Waals surface area (Å²) in [4.78, 5) is 12.4. The van der Waals surface area contributed by atoms with Crippen molar-refractivity contribution in [1.29, 1.82) is 0 Å². The number of hydrogen-bond acceptors (Lipinski definition) is 4. The Bertz CT molecular complexity index is 380. The molecule has 2 fully saturated rings. The van der Waals surface area contributed by atoms with E-state index in [2.05, 4.69) is 6.92 Å². The summed E-state index contributed by atoms with van der Waals surface area (Å²) in [7, 11) is 0. The van der Waals surface area contributed by atoms with Crippen LogP contribution in [0.5, 0.6) is 0 Å². The van der Waals surface area contributed by atoms with E-state index in [4.69, 9.17) is 14.2 Å².